The molecule has 0 aromatic heterocycles. The van der Waals surface area contributed by atoms with Gasteiger partial charge in [0.25, 0.3) is 0 Å². The molecule has 2 nitrogen and oxygen atoms in total. The third kappa shape index (κ3) is 5.53. The van der Waals surface area contributed by atoms with Gasteiger partial charge in [-0.2, -0.15) is 0 Å². The molecule has 0 saturated carbocycles. The first-order valence-corrected chi connectivity index (χ1v) is 2.49. The molecule has 0 fully saturated rings. The van der Waals surface area contributed by atoms with Crippen molar-refractivity contribution in [2.24, 2.45) is 0 Å². The Morgan fingerprint density at radius 1 is 1.88 bits per heavy atom. The summed E-state index contributed by atoms with van der Waals surface area (Å²) in [6, 6.07) is 0. The van der Waals surface area contributed by atoms with Gasteiger partial charge in [0.1, 0.15) is 5.38 Å². The Morgan fingerprint density at radius 3 is 2.25 bits per heavy atom. The molecule has 0 amide bonds. The largest absolute Gasteiger partial charge is 0.480 e. The van der Waals surface area contributed by atoms with Crippen molar-refractivity contribution in [3.63, 3.8) is 0 Å². The maximum atomic E-state index is 9.80. The van der Waals surface area contributed by atoms with Crippen LogP contribution in [-0.2, 0) is 4.79 Å². The topological polar surface area (TPSA) is 37.3 Å². The van der Waals surface area contributed by atoms with Crippen molar-refractivity contribution < 1.29 is 9.90 Å². The van der Waals surface area contributed by atoms with Crippen LogP contribution in [0.3, 0.4) is 0 Å². The fraction of sp³-hybridized carbons (Fsp3) is 0.750. The zero-order chi connectivity index (χ0) is 5.86. The van der Waals surface area contributed by atoms with Crippen LogP contribution in [0.5, 0.6) is 0 Å². The average molecular weight is 162 g/mol. The van der Waals surface area contributed by atoms with Gasteiger partial charge in [-0.05, 0) is 6.42 Å². The third-order valence-corrected chi connectivity index (χ3v) is 1.12. The molecular formula is C4H7ClKO2. The summed E-state index contributed by atoms with van der Waals surface area (Å²) in [5.41, 5.74) is 0. The summed E-state index contributed by atoms with van der Waals surface area (Å²) >= 11 is 5.20. The van der Waals surface area contributed by atoms with Gasteiger partial charge in [-0.3, -0.25) is 4.79 Å². The molecule has 0 bridgehead atoms. The summed E-state index contributed by atoms with van der Waals surface area (Å²) in [4.78, 5) is 9.80. The Kier molecular flexibility index (Phi) is 9.86. The van der Waals surface area contributed by atoms with Gasteiger partial charge in [-0.25, -0.2) is 0 Å². The predicted molar refractivity (Wildman–Crippen MR) is 33.3 cm³/mol. The summed E-state index contributed by atoms with van der Waals surface area (Å²) in [6.45, 7) is 1.73. The van der Waals surface area contributed by atoms with Gasteiger partial charge < -0.3 is 5.11 Å². The monoisotopic (exact) mass is 161 g/mol. The molecular weight excluding hydrogens is 155 g/mol. The Balaban J connectivity index is 0. The number of halogens is 1. The zero-order valence-corrected chi connectivity index (χ0v) is 8.90. The molecule has 0 rings (SSSR count). The van der Waals surface area contributed by atoms with Crippen LogP contribution < -0.4 is 0 Å². The van der Waals surface area contributed by atoms with Crippen LogP contribution >= 0.6 is 11.6 Å². The number of alkyl halides is 1. The van der Waals surface area contributed by atoms with E-state index in [0.717, 1.165) is 0 Å². The summed E-state index contributed by atoms with van der Waals surface area (Å²) in [7, 11) is 0. The molecule has 0 aliphatic heterocycles. The van der Waals surface area contributed by atoms with Crippen LogP contribution in [0.1, 0.15) is 13.3 Å². The van der Waals surface area contributed by atoms with E-state index in [-0.39, 0.29) is 51.4 Å². The van der Waals surface area contributed by atoms with Crippen molar-refractivity contribution in [2.75, 3.05) is 0 Å². The second kappa shape index (κ2) is 6.52. The van der Waals surface area contributed by atoms with E-state index in [9.17, 15) is 4.79 Å². The van der Waals surface area contributed by atoms with Gasteiger partial charge in [0.2, 0.25) is 0 Å². The minimum atomic E-state index is -0.941. The van der Waals surface area contributed by atoms with Crippen molar-refractivity contribution in [2.45, 2.75) is 18.7 Å². The Bertz CT molecular complexity index is 76.4. The first-order valence-electron chi connectivity index (χ1n) is 2.05. The van der Waals surface area contributed by atoms with E-state index in [0.29, 0.717) is 6.42 Å². The fourth-order valence-electron chi connectivity index (χ4n) is 0.175. The molecule has 0 heterocycles. The van der Waals surface area contributed by atoms with Crippen LogP contribution in [0.4, 0.5) is 0 Å². The SMILES string of the molecule is CCC(Cl)C(=O)O.[K]. The van der Waals surface area contributed by atoms with E-state index in [1.807, 2.05) is 0 Å². The number of aliphatic carboxylic acids is 1. The minimum absolute atomic E-state index is 0. The Hall–Kier alpha value is 1.40. The molecule has 0 aliphatic carbocycles. The third-order valence-electron chi connectivity index (χ3n) is 0.626. The summed E-state index contributed by atoms with van der Waals surface area (Å²) in [5.74, 6) is -0.941. The molecule has 1 N–H and O–H groups in total. The zero-order valence-electron chi connectivity index (χ0n) is 5.02. The second-order valence-corrected chi connectivity index (χ2v) is 1.74. The molecule has 0 aliphatic rings. The van der Waals surface area contributed by atoms with Crippen LogP contribution in [-0.4, -0.2) is 67.8 Å². The van der Waals surface area contributed by atoms with E-state index in [1.165, 1.54) is 0 Å². The van der Waals surface area contributed by atoms with E-state index in [4.69, 9.17) is 16.7 Å². The molecule has 0 spiro atoms. The van der Waals surface area contributed by atoms with Gasteiger partial charge in [-0.15, -0.1) is 11.6 Å². The van der Waals surface area contributed by atoms with Crippen molar-refractivity contribution >= 4 is 69.0 Å². The normalized spacial score (nSPS) is 11.8. The number of carboxylic acids is 1. The molecule has 0 aromatic carbocycles. The van der Waals surface area contributed by atoms with Crippen LogP contribution in [0.15, 0.2) is 0 Å². The maximum Gasteiger partial charge on any atom is 0.321 e. The average Bonchev–Trinajstić information content (AvgIpc) is 1.65. The van der Waals surface area contributed by atoms with Gasteiger partial charge in [0.15, 0.2) is 0 Å². The Morgan fingerprint density at radius 2 is 2.25 bits per heavy atom. The molecule has 43 valence electrons. The Labute approximate surface area is 96.0 Å². The van der Waals surface area contributed by atoms with Crippen LogP contribution in [0.25, 0.3) is 0 Å². The van der Waals surface area contributed by atoms with Crippen LogP contribution in [0.2, 0.25) is 0 Å². The van der Waals surface area contributed by atoms with Crippen molar-refractivity contribution in [3.8, 4) is 0 Å². The van der Waals surface area contributed by atoms with Crippen molar-refractivity contribution in [3.05, 3.63) is 0 Å². The van der Waals surface area contributed by atoms with E-state index in [2.05, 4.69) is 0 Å². The molecule has 1 radical (unpaired) electrons. The minimum Gasteiger partial charge on any atom is -0.480 e. The van der Waals surface area contributed by atoms with Gasteiger partial charge in [0.05, 0.1) is 0 Å². The first kappa shape index (κ1) is 12.1. The summed E-state index contributed by atoms with van der Waals surface area (Å²) < 4.78 is 0. The molecule has 0 saturated heterocycles. The van der Waals surface area contributed by atoms with Crippen molar-refractivity contribution in [1.29, 1.82) is 0 Å². The van der Waals surface area contributed by atoms with E-state index < -0.39 is 11.3 Å². The van der Waals surface area contributed by atoms with Crippen LogP contribution in [0, 0.1) is 0 Å². The number of hydrogen-bond acceptors (Lipinski definition) is 1. The number of hydrogen-bond donors (Lipinski definition) is 1. The van der Waals surface area contributed by atoms with Gasteiger partial charge >= 0.3 is 5.97 Å². The summed E-state index contributed by atoms with van der Waals surface area (Å²) in [5, 5.41) is 7.34. The number of rotatable bonds is 2. The smallest absolute Gasteiger partial charge is 0.321 e. The molecule has 1 unspecified atom stereocenters. The standard InChI is InChI=1S/C4H7ClO2.K/c1-2-3(5)4(6)7;/h3H,2H2,1H3,(H,6,7);. The molecule has 4 heteroatoms. The molecule has 8 heavy (non-hydrogen) atoms. The van der Waals surface area contributed by atoms with Gasteiger partial charge in [0, 0.05) is 51.4 Å². The quantitative estimate of drug-likeness (QED) is 0.479. The van der Waals surface area contributed by atoms with Crippen molar-refractivity contribution in [1.82, 2.24) is 0 Å². The summed E-state index contributed by atoms with van der Waals surface area (Å²) in [6.07, 6.45) is 0.483. The second-order valence-electron chi connectivity index (χ2n) is 1.21. The molecule has 1 atom stereocenters. The number of carboxylic acid groups (broad SMARTS) is 1. The van der Waals surface area contributed by atoms with E-state index in [1.54, 1.807) is 6.92 Å². The predicted octanol–water partition coefficient (Wildman–Crippen LogP) is 0.708. The number of carbonyl (C=O) groups is 1. The van der Waals surface area contributed by atoms with E-state index >= 15 is 0 Å². The fourth-order valence-corrected chi connectivity index (χ4v) is 0.175. The maximum absolute atomic E-state index is 9.80. The van der Waals surface area contributed by atoms with Gasteiger partial charge in [-0.1, -0.05) is 6.92 Å². The first-order chi connectivity index (χ1) is 3.18. The molecule has 0 aromatic rings.